The third-order valence-electron chi connectivity index (χ3n) is 4.89. The molecule has 1 heterocycles. The number of nitrogens with zero attached hydrogens (tertiary/aromatic N) is 1. The number of imide groups is 1. The summed E-state index contributed by atoms with van der Waals surface area (Å²) >= 11 is 0. The van der Waals surface area contributed by atoms with Crippen LogP contribution in [0.15, 0.2) is 60.7 Å². The van der Waals surface area contributed by atoms with Gasteiger partial charge in [0.2, 0.25) is 0 Å². The molecule has 1 aliphatic heterocycles. The number of ether oxygens (including phenoxy) is 1. The number of benzene rings is 2. The fourth-order valence-electron chi connectivity index (χ4n) is 3.49. The van der Waals surface area contributed by atoms with Crippen LogP contribution < -0.4 is 40.0 Å². The Labute approximate surface area is 201 Å². The third-order valence-corrected chi connectivity index (χ3v) is 4.89. The zero-order chi connectivity index (χ0) is 21.7. The fourth-order valence-corrected chi connectivity index (χ4v) is 3.49. The molecule has 1 fully saturated rings. The molecule has 0 radical (unpaired) electrons. The number of urea groups is 1. The average molecular weight is 432 g/mol. The van der Waals surface area contributed by atoms with Gasteiger partial charge in [-0.3, -0.25) is 9.59 Å². The van der Waals surface area contributed by atoms with Gasteiger partial charge >= 0.3 is 41.6 Å². The van der Waals surface area contributed by atoms with Gasteiger partial charge in [-0.15, -0.1) is 0 Å². The first-order valence-corrected chi connectivity index (χ1v) is 9.52. The molecular weight excluding hydrogens is 411 g/mol. The van der Waals surface area contributed by atoms with E-state index in [-0.39, 0.29) is 48.8 Å². The van der Waals surface area contributed by atoms with Gasteiger partial charge in [0.25, 0.3) is 5.91 Å². The minimum atomic E-state index is -1.45. The molecule has 8 nitrogen and oxygen atoms in total. The van der Waals surface area contributed by atoms with Crippen molar-refractivity contribution in [3.05, 3.63) is 71.8 Å². The van der Waals surface area contributed by atoms with Crippen molar-refractivity contribution in [3.63, 3.8) is 0 Å². The summed E-state index contributed by atoms with van der Waals surface area (Å²) in [6.07, 6.45) is -1.56. The maximum Gasteiger partial charge on any atom is 1.00 e. The molecule has 3 rings (SSSR count). The first-order valence-electron chi connectivity index (χ1n) is 9.52. The quantitative estimate of drug-likeness (QED) is 0.302. The van der Waals surface area contributed by atoms with E-state index in [1.807, 2.05) is 0 Å². The molecule has 0 bridgehead atoms. The van der Waals surface area contributed by atoms with Crippen molar-refractivity contribution in [2.24, 2.45) is 0 Å². The van der Waals surface area contributed by atoms with E-state index in [2.05, 4.69) is 5.32 Å². The van der Waals surface area contributed by atoms with Crippen LogP contribution in [0, 0.1) is 0 Å². The van der Waals surface area contributed by atoms with Crippen LogP contribution in [0.25, 0.3) is 0 Å². The maximum absolute atomic E-state index is 13.5. The predicted molar refractivity (Wildman–Crippen MR) is 103 cm³/mol. The second kappa shape index (κ2) is 10.6. The van der Waals surface area contributed by atoms with Crippen LogP contribution in [0.4, 0.5) is 4.79 Å². The summed E-state index contributed by atoms with van der Waals surface area (Å²) in [5.74, 6) is -2.54. The summed E-state index contributed by atoms with van der Waals surface area (Å²) in [4.78, 5) is 49.7. The Kier molecular flexibility index (Phi) is 8.38. The number of rotatable bonds is 8. The second-order valence-corrected chi connectivity index (χ2v) is 6.90. The van der Waals surface area contributed by atoms with Gasteiger partial charge in [-0.05, 0) is 30.9 Å². The molecule has 0 spiro atoms. The predicted octanol–water partition coefficient (Wildman–Crippen LogP) is -1.70. The van der Waals surface area contributed by atoms with Crippen LogP contribution in [0.2, 0.25) is 0 Å². The average Bonchev–Trinajstić information content (AvgIpc) is 3.00. The van der Waals surface area contributed by atoms with Gasteiger partial charge in [0.15, 0.2) is 11.8 Å². The Morgan fingerprint density at radius 1 is 1.00 bits per heavy atom. The van der Waals surface area contributed by atoms with E-state index in [0.29, 0.717) is 11.1 Å². The number of aliphatic carboxylic acids is 1. The van der Waals surface area contributed by atoms with E-state index in [4.69, 9.17) is 4.74 Å². The summed E-state index contributed by atoms with van der Waals surface area (Å²) in [5.41, 5.74) is -0.302. The van der Waals surface area contributed by atoms with Crippen LogP contribution >= 0.6 is 0 Å². The molecule has 2 aromatic carbocycles. The standard InChI is InChI=1S/C22H22N2O6.Na/c1-15(30-19(27)14-8-13-18(25)26)24-20(28)22(23-21(24)29,16-9-4-2-5-10-16)17-11-6-3-7-12-17;/h2-7,9-12,15H,8,13-14H2,1H3,(H,23,29)(H,25,26);/q;+1/p-1. The van der Waals surface area contributed by atoms with E-state index in [1.54, 1.807) is 60.7 Å². The number of carbonyl (C=O) groups excluding carboxylic acids is 4. The van der Waals surface area contributed by atoms with Crippen molar-refractivity contribution in [1.29, 1.82) is 0 Å². The molecule has 1 aliphatic rings. The Hall–Kier alpha value is -2.68. The maximum atomic E-state index is 13.5. The van der Waals surface area contributed by atoms with Crippen molar-refractivity contribution in [1.82, 2.24) is 10.2 Å². The minimum absolute atomic E-state index is 0. The molecule has 156 valence electrons. The van der Waals surface area contributed by atoms with E-state index in [9.17, 15) is 24.3 Å². The van der Waals surface area contributed by atoms with E-state index in [1.165, 1.54) is 6.92 Å². The molecule has 0 saturated carbocycles. The molecule has 2 aromatic rings. The normalized spacial score (nSPS) is 15.6. The van der Waals surface area contributed by atoms with Gasteiger partial charge in [0.05, 0.1) is 0 Å². The largest absolute Gasteiger partial charge is 1.00 e. The number of carboxylic acids is 1. The number of hydrogen-bond acceptors (Lipinski definition) is 6. The Balaban J connectivity index is 0.00000341. The monoisotopic (exact) mass is 432 g/mol. The third kappa shape index (κ3) is 5.15. The summed E-state index contributed by atoms with van der Waals surface area (Å²) < 4.78 is 5.21. The molecule has 0 aliphatic carbocycles. The molecule has 3 amide bonds. The zero-order valence-electron chi connectivity index (χ0n) is 17.4. The number of nitrogens with one attached hydrogen (secondary N) is 1. The molecule has 31 heavy (non-hydrogen) atoms. The molecule has 0 aromatic heterocycles. The van der Waals surface area contributed by atoms with E-state index < -0.39 is 35.6 Å². The van der Waals surface area contributed by atoms with Crippen molar-refractivity contribution >= 4 is 23.9 Å². The fraction of sp³-hybridized carbons (Fsp3) is 0.273. The van der Waals surface area contributed by atoms with Crippen molar-refractivity contribution in [2.75, 3.05) is 0 Å². The second-order valence-electron chi connectivity index (χ2n) is 6.90. The Morgan fingerprint density at radius 3 is 2.00 bits per heavy atom. The van der Waals surface area contributed by atoms with Crippen LogP contribution in [-0.2, 0) is 24.7 Å². The van der Waals surface area contributed by atoms with Crippen molar-refractivity contribution in [3.8, 4) is 0 Å². The van der Waals surface area contributed by atoms with Gasteiger partial charge < -0.3 is 20.0 Å². The van der Waals surface area contributed by atoms with Gasteiger partial charge in [0, 0.05) is 12.4 Å². The van der Waals surface area contributed by atoms with E-state index in [0.717, 1.165) is 4.90 Å². The Morgan fingerprint density at radius 2 is 1.52 bits per heavy atom. The summed E-state index contributed by atoms with van der Waals surface area (Å²) in [6, 6.07) is 16.9. The molecule has 1 N–H and O–H groups in total. The van der Waals surface area contributed by atoms with Gasteiger partial charge in [-0.25, -0.2) is 9.69 Å². The van der Waals surface area contributed by atoms with Gasteiger partial charge in [-0.1, -0.05) is 60.7 Å². The van der Waals surface area contributed by atoms with Crippen LogP contribution in [0.5, 0.6) is 0 Å². The summed E-state index contributed by atoms with van der Waals surface area (Å²) in [6.45, 7) is 1.42. The molecule has 1 saturated heterocycles. The van der Waals surface area contributed by atoms with Crippen LogP contribution in [0.1, 0.15) is 37.3 Å². The van der Waals surface area contributed by atoms with Crippen molar-refractivity contribution < 1.29 is 58.6 Å². The molecule has 9 heteroatoms. The topological polar surface area (TPSA) is 116 Å². The number of hydrogen-bond donors (Lipinski definition) is 1. The smallest absolute Gasteiger partial charge is 0.550 e. The first-order chi connectivity index (χ1) is 14.4. The number of carboxylic acid groups (broad SMARTS) is 1. The Bertz CT molecular complexity index is 911. The first kappa shape index (κ1) is 24.6. The number of carbonyl (C=O) groups is 4. The molecule has 1 unspecified atom stereocenters. The molecule has 1 atom stereocenters. The van der Waals surface area contributed by atoms with Crippen molar-refractivity contribution in [2.45, 2.75) is 38.0 Å². The minimum Gasteiger partial charge on any atom is -0.550 e. The van der Waals surface area contributed by atoms with E-state index >= 15 is 0 Å². The number of esters is 1. The summed E-state index contributed by atoms with van der Waals surface area (Å²) in [5, 5.41) is 13.2. The number of amides is 3. The van der Waals surface area contributed by atoms with Crippen LogP contribution in [0.3, 0.4) is 0 Å². The van der Waals surface area contributed by atoms with Gasteiger partial charge in [0.1, 0.15) is 0 Å². The molecular formula is C22H21N2NaO6. The summed E-state index contributed by atoms with van der Waals surface area (Å²) in [7, 11) is 0. The zero-order valence-corrected chi connectivity index (χ0v) is 19.4. The van der Waals surface area contributed by atoms with Crippen LogP contribution in [-0.4, -0.2) is 35.0 Å². The SMILES string of the molecule is CC(OC(=O)CCCC(=O)[O-])N1C(=O)NC(c2ccccc2)(c2ccccc2)C1=O.[Na+]. The van der Waals surface area contributed by atoms with Gasteiger partial charge in [-0.2, -0.15) is 0 Å².